The molecule has 66 valence electrons. The van der Waals surface area contributed by atoms with E-state index in [1.165, 1.54) is 0 Å². The van der Waals surface area contributed by atoms with Gasteiger partial charge in [0.05, 0.1) is 6.07 Å². The van der Waals surface area contributed by atoms with Crippen LogP contribution in [0, 0.1) is 22.8 Å². The molecule has 1 unspecified atom stereocenters. The Hall–Kier alpha value is -0.870. The molecule has 0 N–H and O–H groups in total. The van der Waals surface area contributed by atoms with Gasteiger partial charge in [0.15, 0.2) is 0 Å². The third kappa shape index (κ3) is 5.88. The highest BCUT2D eigenvalue weighted by atomic mass is 32.2. The van der Waals surface area contributed by atoms with Crippen LogP contribution in [-0.4, -0.2) is 18.1 Å². The highest BCUT2D eigenvalue weighted by Gasteiger charge is 2.07. The molecule has 0 spiro atoms. The van der Waals surface area contributed by atoms with E-state index in [4.69, 9.17) is 15.3 Å². The number of nitrogens with zero attached hydrogens (tertiary/aromatic N) is 2. The van der Waals surface area contributed by atoms with Gasteiger partial charge in [0.2, 0.25) is 0 Å². The van der Waals surface area contributed by atoms with Crippen LogP contribution in [-0.2, 0) is 4.74 Å². The molecule has 12 heavy (non-hydrogen) atoms. The Morgan fingerprint density at radius 3 is 2.67 bits per heavy atom. The zero-order valence-corrected chi connectivity index (χ0v) is 7.93. The molecule has 0 fully saturated rings. The summed E-state index contributed by atoms with van der Waals surface area (Å²) in [7, 11) is 0. The molecule has 0 bridgehead atoms. The van der Waals surface area contributed by atoms with Gasteiger partial charge in [-0.1, -0.05) is 0 Å². The van der Waals surface area contributed by atoms with Crippen molar-refractivity contribution in [2.45, 2.75) is 25.4 Å². The van der Waals surface area contributed by atoms with Crippen molar-refractivity contribution in [2.75, 3.05) is 12.0 Å². The highest BCUT2D eigenvalue weighted by Crippen LogP contribution is 2.09. The van der Waals surface area contributed by atoms with Crippen LogP contribution in [0.25, 0.3) is 0 Å². The lowest BCUT2D eigenvalue weighted by Gasteiger charge is -2.10. The third-order valence-corrected chi connectivity index (χ3v) is 2.09. The Morgan fingerprint density at radius 1 is 1.42 bits per heavy atom. The number of hydrogen-bond donors (Lipinski definition) is 0. The van der Waals surface area contributed by atoms with Crippen LogP contribution in [0.1, 0.15) is 19.3 Å². The maximum absolute atomic E-state index is 8.32. The van der Waals surface area contributed by atoms with E-state index in [2.05, 4.69) is 0 Å². The van der Waals surface area contributed by atoms with Crippen LogP contribution in [0.2, 0.25) is 0 Å². The van der Waals surface area contributed by atoms with E-state index in [9.17, 15) is 0 Å². The summed E-state index contributed by atoms with van der Waals surface area (Å²) in [6.45, 7) is 0. The minimum Gasteiger partial charge on any atom is -0.424 e. The molecule has 0 heterocycles. The Balaban J connectivity index is 3.57. The number of thioether (sulfide) groups is 1. The summed E-state index contributed by atoms with van der Waals surface area (Å²) in [4.78, 5) is 0. The first-order chi connectivity index (χ1) is 5.85. The van der Waals surface area contributed by atoms with Crippen molar-refractivity contribution in [3.8, 4) is 12.3 Å². The molecular weight excluding hydrogens is 172 g/mol. The molecule has 0 aromatic carbocycles. The Bertz CT molecular complexity index is 182. The van der Waals surface area contributed by atoms with E-state index >= 15 is 0 Å². The summed E-state index contributed by atoms with van der Waals surface area (Å²) in [5, 5.41) is 16.6. The molecule has 0 saturated heterocycles. The molecule has 0 aromatic heterocycles. The molecule has 0 radical (unpaired) electrons. The molecule has 4 heteroatoms. The van der Waals surface area contributed by atoms with Crippen molar-refractivity contribution in [1.82, 2.24) is 0 Å². The summed E-state index contributed by atoms with van der Waals surface area (Å²) in [5.41, 5.74) is 0. The minimum absolute atomic E-state index is 0.0675. The van der Waals surface area contributed by atoms with E-state index < -0.39 is 0 Å². The van der Waals surface area contributed by atoms with Crippen LogP contribution in [0.15, 0.2) is 0 Å². The fourth-order valence-corrected chi connectivity index (χ4v) is 1.31. The second kappa shape index (κ2) is 8.23. The average Bonchev–Trinajstić information content (AvgIpc) is 2.10. The molecule has 0 rings (SSSR count). The fourth-order valence-electron chi connectivity index (χ4n) is 0.812. The van der Waals surface area contributed by atoms with Gasteiger partial charge in [-0.3, -0.25) is 0 Å². The fraction of sp³-hybridized carbons (Fsp3) is 0.750. The Kier molecular flexibility index (Phi) is 7.63. The zero-order chi connectivity index (χ0) is 9.23. The molecule has 3 nitrogen and oxygen atoms in total. The first kappa shape index (κ1) is 11.1. The molecular formula is C8H12N2OS. The third-order valence-electron chi connectivity index (χ3n) is 1.44. The van der Waals surface area contributed by atoms with Crippen molar-refractivity contribution in [1.29, 1.82) is 10.5 Å². The van der Waals surface area contributed by atoms with E-state index in [1.54, 1.807) is 18.0 Å². The number of rotatable bonds is 6. The summed E-state index contributed by atoms with van der Waals surface area (Å²) in [6.07, 6.45) is 5.57. The van der Waals surface area contributed by atoms with Crippen LogP contribution in [0.4, 0.5) is 0 Å². The monoisotopic (exact) mass is 184 g/mol. The molecule has 0 aromatic rings. The second-order valence-corrected chi connectivity index (χ2v) is 3.30. The van der Waals surface area contributed by atoms with Gasteiger partial charge in [0.25, 0.3) is 6.26 Å². The molecule has 0 amide bonds. The lowest BCUT2D eigenvalue weighted by Crippen LogP contribution is -2.10. The maximum atomic E-state index is 8.32. The number of ether oxygens (including phenoxy) is 1. The van der Waals surface area contributed by atoms with Crippen LogP contribution in [0.5, 0.6) is 0 Å². The number of nitriles is 2. The summed E-state index contributed by atoms with van der Waals surface area (Å²) in [6, 6.07) is 2.04. The van der Waals surface area contributed by atoms with Crippen molar-refractivity contribution in [2.24, 2.45) is 0 Å². The standard InChI is InChI=1S/C8H12N2OS/c1-12-6-4-8(11-7-10)3-2-5-9/h8H,2-4,6H2,1H3. The van der Waals surface area contributed by atoms with Crippen LogP contribution < -0.4 is 0 Å². The predicted molar refractivity (Wildman–Crippen MR) is 48.3 cm³/mol. The molecule has 0 aliphatic rings. The van der Waals surface area contributed by atoms with E-state index in [1.807, 2.05) is 12.3 Å². The minimum atomic E-state index is -0.0675. The van der Waals surface area contributed by atoms with Gasteiger partial charge < -0.3 is 4.74 Å². The molecule has 0 saturated carbocycles. The van der Waals surface area contributed by atoms with Crippen molar-refractivity contribution in [3.63, 3.8) is 0 Å². The lowest BCUT2D eigenvalue weighted by atomic mass is 10.1. The van der Waals surface area contributed by atoms with Gasteiger partial charge in [-0.15, -0.1) is 0 Å². The average molecular weight is 184 g/mol. The van der Waals surface area contributed by atoms with Gasteiger partial charge in [0.1, 0.15) is 6.10 Å². The Morgan fingerprint density at radius 2 is 2.17 bits per heavy atom. The quantitative estimate of drug-likeness (QED) is 0.592. The summed E-state index contributed by atoms with van der Waals surface area (Å²) < 4.78 is 4.79. The summed E-state index contributed by atoms with van der Waals surface area (Å²) >= 11 is 1.72. The van der Waals surface area contributed by atoms with E-state index in [0.29, 0.717) is 12.8 Å². The van der Waals surface area contributed by atoms with Crippen molar-refractivity contribution >= 4 is 11.8 Å². The summed E-state index contributed by atoms with van der Waals surface area (Å²) in [5.74, 6) is 0.970. The molecule has 0 aliphatic heterocycles. The van der Waals surface area contributed by atoms with Crippen LogP contribution in [0.3, 0.4) is 0 Å². The van der Waals surface area contributed by atoms with Crippen LogP contribution >= 0.6 is 11.8 Å². The van der Waals surface area contributed by atoms with Crippen molar-refractivity contribution in [3.05, 3.63) is 0 Å². The largest absolute Gasteiger partial charge is 0.424 e. The van der Waals surface area contributed by atoms with Gasteiger partial charge in [-0.25, -0.2) is 0 Å². The number of hydrogen-bond acceptors (Lipinski definition) is 4. The zero-order valence-electron chi connectivity index (χ0n) is 7.12. The van der Waals surface area contributed by atoms with Gasteiger partial charge in [-0.05, 0) is 24.9 Å². The smallest absolute Gasteiger partial charge is 0.286 e. The first-order valence-electron chi connectivity index (χ1n) is 3.75. The lowest BCUT2D eigenvalue weighted by molar-refractivity contribution is 0.150. The molecule has 0 aliphatic carbocycles. The second-order valence-electron chi connectivity index (χ2n) is 2.31. The SMILES string of the molecule is CSCCC(CCC#N)OC#N. The topological polar surface area (TPSA) is 56.8 Å². The first-order valence-corrected chi connectivity index (χ1v) is 5.15. The van der Waals surface area contributed by atoms with Gasteiger partial charge in [0, 0.05) is 6.42 Å². The maximum Gasteiger partial charge on any atom is 0.286 e. The van der Waals surface area contributed by atoms with E-state index in [0.717, 1.165) is 12.2 Å². The predicted octanol–water partition coefficient (Wildman–Crippen LogP) is 1.91. The normalized spacial score (nSPS) is 11.2. The van der Waals surface area contributed by atoms with Crippen molar-refractivity contribution < 1.29 is 4.74 Å². The molecule has 1 atom stereocenters. The van der Waals surface area contributed by atoms with Gasteiger partial charge in [-0.2, -0.15) is 22.3 Å². The van der Waals surface area contributed by atoms with Gasteiger partial charge >= 0.3 is 0 Å². The van der Waals surface area contributed by atoms with E-state index in [-0.39, 0.29) is 6.10 Å². The highest BCUT2D eigenvalue weighted by molar-refractivity contribution is 7.98. The Labute approximate surface area is 77.3 Å².